The fourth-order valence-corrected chi connectivity index (χ4v) is 1.39. The van der Waals surface area contributed by atoms with Crippen molar-refractivity contribution in [1.82, 2.24) is 10.3 Å². The van der Waals surface area contributed by atoms with E-state index in [1.54, 1.807) is 7.05 Å². The van der Waals surface area contributed by atoms with Crippen LogP contribution in [0.25, 0.3) is 0 Å². The van der Waals surface area contributed by atoms with Crippen LogP contribution in [-0.2, 0) is 9.53 Å². The van der Waals surface area contributed by atoms with E-state index in [9.17, 15) is 14.9 Å². The van der Waals surface area contributed by atoms with Crippen LogP contribution in [0.4, 0.5) is 17.3 Å². The Morgan fingerprint density at radius 2 is 2.25 bits per heavy atom. The van der Waals surface area contributed by atoms with Crippen molar-refractivity contribution < 1.29 is 14.5 Å². The maximum atomic E-state index is 11.5. The van der Waals surface area contributed by atoms with E-state index in [2.05, 4.69) is 20.9 Å². The number of nitro groups is 1. The lowest BCUT2D eigenvalue weighted by Crippen LogP contribution is -2.32. The van der Waals surface area contributed by atoms with Gasteiger partial charge in [-0.3, -0.25) is 14.9 Å². The molecule has 0 aliphatic rings. The fraction of sp³-hybridized carbons (Fsp3) is 0.455. The molecule has 0 fully saturated rings. The summed E-state index contributed by atoms with van der Waals surface area (Å²) in [4.78, 5) is 25.8. The zero-order chi connectivity index (χ0) is 15.0. The van der Waals surface area contributed by atoms with Gasteiger partial charge in [0.15, 0.2) is 0 Å². The number of rotatable bonds is 8. The van der Waals surface area contributed by atoms with Crippen LogP contribution in [0, 0.1) is 10.1 Å². The van der Waals surface area contributed by atoms with Gasteiger partial charge in [-0.2, -0.15) is 0 Å². The van der Waals surface area contributed by atoms with Crippen LogP contribution in [-0.4, -0.2) is 49.7 Å². The molecule has 20 heavy (non-hydrogen) atoms. The number of carbonyl (C=O) groups is 1. The number of ether oxygens (including phenoxy) is 1. The normalized spacial score (nSPS) is 9.90. The monoisotopic (exact) mass is 283 g/mol. The van der Waals surface area contributed by atoms with Gasteiger partial charge < -0.3 is 20.7 Å². The molecule has 0 saturated heterocycles. The van der Waals surface area contributed by atoms with Gasteiger partial charge in [-0.25, -0.2) is 4.98 Å². The van der Waals surface area contributed by atoms with Crippen molar-refractivity contribution in [3.8, 4) is 0 Å². The molecule has 0 aliphatic heterocycles. The van der Waals surface area contributed by atoms with Gasteiger partial charge in [0.2, 0.25) is 11.7 Å². The summed E-state index contributed by atoms with van der Waals surface area (Å²) in [7, 11) is 3.18. The Kier molecular flexibility index (Phi) is 6.17. The second-order valence-corrected chi connectivity index (χ2v) is 3.77. The summed E-state index contributed by atoms with van der Waals surface area (Å²) in [5.41, 5.74) is -0.186. The van der Waals surface area contributed by atoms with E-state index in [0.717, 1.165) is 0 Å². The molecule has 0 aliphatic carbocycles. The number of hydrogen-bond acceptors (Lipinski definition) is 7. The molecule has 0 aromatic carbocycles. The summed E-state index contributed by atoms with van der Waals surface area (Å²) < 4.78 is 4.79. The van der Waals surface area contributed by atoms with Crippen LogP contribution in [0.2, 0.25) is 0 Å². The molecule has 1 rings (SSSR count). The lowest BCUT2D eigenvalue weighted by molar-refractivity contribution is -0.384. The lowest BCUT2D eigenvalue weighted by atomic mass is 10.3. The summed E-state index contributed by atoms with van der Waals surface area (Å²) in [6.07, 6.45) is 0. The zero-order valence-corrected chi connectivity index (χ0v) is 11.3. The molecule has 0 radical (unpaired) electrons. The zero-order valence-electron chi connectivity index (χ0n) is 11.3. The highest BCUT2D eigenvalue weighted by molar-refractivity contribution is 5.81. The largest absolute Gasteiger partial charge is 0.383 e. The first-order valence-corrected chi connectivity index (χ1v) is 5.91. The van der Waals surface area contributed by atoms with E-state index in [1.807, 2.05) is 0 Å². The number of carbonyl (C=O) groups excluding carboxylic acids is 1. The van der Waals surface area contributed by atoms with Gasteiger partial charge in [-0.1, -0.05) is 0 Å². The van der Waals surface area contributed by atoms with Gasteiger partial charge >= 0.3 is 5.69 Å². The summed E-state index contributed by atoms with van der Waals surface area (Å²) in [5, 5.41) is 18.9. The highest BCUT2D eigenvalue weighted by atomic mass is 16.6. The molecule has 1 aromatic rings. The van der Waals surface area contributed by atoms with Gasteiger partial charge in [0.05, 0.1) is 18.1 Å². The van der Waals surface area contributed by atoms with E-state index >= 15 is 0 Å². The average molecular weight is 283 g/mol. The Labute approximate surface area is 115 Å². The molecular weight excluding hydrogens is 266 g/mol. The third kappa shape index (κ3) is 4.69. The molecule has 0 unspecified atom stereocenters. The van der Waals surface area contributed by atoms with Crippen molar-refractivity contribution in [2.24, 2.45) is 0 Å². The molecule has 9 nitrogen and oxygen atoms in total. The third-order valence-electron chi connectivity index (χ3n) is 2.37. The van der Waals surface area contributed by atoms with Crippen LogP contribution in [0.15, 0.2) is 12.1 Å². The number of nitrogens with zero attached hydrogens (tertiary/aromatic N) is 2. The first-order chi connectivity index (χ1) is 9.58. The van der Waals surface area contributed by atoms with Crippen LogP contribution in [0.3, 0.4) is 0 Å². The Bertz CT molecular complexity index is 480. The van der Waals surface area contributed by atoms with E-state index in [0.29, 0.717) is 19.0 Å². The molecule has 0 atom stereocenters. The van der Waals surface area contributed by atoms with Crippen molar-refractivity contribution in [2.45, 2.75) is 0 Å². The van der Waals surface area contributed by atoms with Gasteiger partial charge in [0.1, 0.15) is 5.82 Å². The van der Waals surface area contributed by atoms with Crippen molar-refractivity contribution in [3.05, 3.63) is 22.2 Å². The number of amides is 1. The fourth-order valence-electron chi connectivity index (χ4n) is 1.39. The summed E-state index contributed by atoms with van der Waals surface area (Å²) >= 11 is 0. The van der Waals surface area contributed by atoms with Gasteiger partial charge in [-0.05, 0) is 6.07 Å². The van der Waals surface area contributed by atoms with Crippen LogP contribution >= 0.6 is 0 Å². The molecule has 110 valence electrons. The molecule has 3 N–H and O–H groups in total. The lowest BCUT2D eigenvalue weighted by Gasteiger charge is -2.08. The standard InChI is InChI=1S/C11H17N5O4/c1-12-9-4-3-8(16(18)19)11(15-9)14-7-10(17)13-5-6-20-2/h3-4H,5-7H2,1-2H3,(H,13,17)(H2,12,14,15). The number of aromatic nitrogens is 1. The molecule has 1 aromatic heterocycles. The first-order valence-electron chi connectivity index (χ1n) is 5.91. The molecular formula is C11H17N5O4. The molecule has 9 heteroatoms. The van der Waals surface area contributed by atoms with Crippen molar-refractivity contribution >= 4 is 23.2 Å². The SMILES string of the molecule is CNc1ccc([N+](=O)[O-])c(NCC(=O)NCCOC)n1. The second-order valence-electron chi connectivity index (χ2n) is 3.77. The number of hydrogen-bond donors (Lipinski definition) is 3. The van der Waals surface area contributed by atoms with Crippen LogP contribution in [0.5, 0.6) is 0 Å². The minimum atomic E-state index is -0.558. The van der Waals surface area contributed by atoms with Crippen molar-refractivity contribution in [3.63, 3.8) is 0 Å². The minimum absolute atomic E-state index is 0.0451. The van der Waals surface area contributed by atoms with Crippen molar-refractivity contribution in [1.29, 1.82) is 0 Å². The summed E-state index contributed by atoms with van der Waals surface area (Å²) in [5.74, 6) is 0.217. The average Bonchev–Trinajstić information content (AvgIpc) is 2.44. The van der Waals surface area contributed by atoms with Gasteiger partial charge in [0, 0.05) is 26.8 Å². The van der Waals surface area contributed by atoms with E-state index in [4.69, 9.17) is 4.74 Å². The summed E-state index contributed by atoms with van der Waals surface area (Å²) in [6.45, 7) is 0.674. The number of nitrogens with one attached hydrogen (secondary N) is 3. The smallest absolute Gasteiger partial charge is 0.311 e. The Balaban J connectivity index is 2.65. The highest BCUT2D eigenvalue weighted by Crippen LogP contribution is 2.23. The number of methoxy groups -OCH3 is 1. The van der Waals surface area contributed by atoms with Crippen LogP contribution in [0.1, 0.15) is 0 Å². The Morgan fingerprint density at radius 3 is 2.85 bits per heavy atom. The van der Waals surface area contributed by atoms with E-state index in [-0.39, 0.29) is 24.0 Å². The second kappa shape index (κ2) is 7.89. The number of anilines is 2. The van der Waals surface area contributed by atoms with E-state index in [1.165, 1.54) is 19.2 Å². The van der Waals surface area contributed by atoms with Crippen molar-refractivity contribution in [2.75, 3.05) is 44.5 Å². The quantitative estimate of drug-likeness (QED) is 0.354. The molecule has 0 saturated carbocycles. The van der Waals surface area contributed by atoms with Gasteiger partial charge in [-0.15, -0.1) is 0 Å². The summed E-state index contributed by atoms with van der Waals surface area (Å²) in [6, 6.07) is 2.81. The predicted octanol–water partition coefficient (Wildman–Crippen LogP) is 0.206. The highest BCUT2D eigenvalue weighted by Gasteiger charge is 2.16. The van der Waals surface area contributed by atoms with Gasteiger partial charge in [0.25, 0.3) is 0 Å². The Morgan fingerprint density at radius 1 is 1.50 bits per heavy atom. The minimum Gasteiger partial charge on any atom is -0.383 e. The molecule has 1 amide bonds. The first kappa shape index (κ1) is 15.6. The van der Waals surface area contributed by atoms with Crippen LogP contribution < -0.4 is 16.0 Å². The maximum absolute atomic E-state index is 11.5. The topological polar surface area (TPSA) is 118 Å². The Hall–Kier alpha value is -2.42. The predicted molar refractivity (Wildman–Crippen MR) is 73.8 cm³/mol. The van der Waals surface area contributed by atoms with E-state index < -0.39 is 4.92 Å². The third-order valence-corrected chi connectivity index (χ3v) is 2.37. The molecule has 0 spiro atoms. The molecule has 0 bridgehead atoms. The molecule has 1 heterocycles. The number of pyridine rings is 1. The maximum Gasteiger partial charge on any atom is 0.311 e.